The van der Waals surface area contributed by atoms with Crippen molar-refractivity contribution in [3.8, 4) is 0 Å². The van der Waals surface area contributed by atoms with Crippen LogP contribution in [0.5, 0.6) is 0 Å². The van der Waals surface area contributed by atoms with Gasteiger partial charge in [-0.1, -0.05) is 0 Å². The van der Waals surface area contributed by atoms with Gasteiger partial charge in [-0.15, -0.1) is 0 Å². The molecular weight excluding hydrogens is 208 g/mol. The molecule has 5 nitrogen and oxygen atoms in total. The number of aliphatic hydroxyl groups is 1. The van der Waals surface area contributed by atoms with Gasteiger partial charge in [0.05, 0.1) is 6.10 Å². The summed E-state index contributed by atoms with van der Waals surface area (Å²) in [4.78, 5) is 13.2. The Morgan fingerprint density at radius 3 is 3.00 bits per heavy atom. The molecule has 1 heterocycles. The zero-order chi connectivity index (χ0) is 11.8. The van der Waals surface area contributed by atoms with E-state index >= 15 is 0 Å². The summed E-state index contributed by atoms with van der Waals surface area (Å²) < 4.78 is 0. The van der Waals surface area contributed by atoms with Gasteiger partial charge in [-0.2, -0.15) is 0 Å². The molecule has 1 aromatic heterocycles. The first-order valence-corrected chi connectivity index (χ1v) is 5.40. The van der Waals surface area contributed by atoms with Crippen LogP contribution in [0.1, 0.15) is 18.4 Å². The standard InChI is InChI=1S/C11H18N2O3/c14-10(1-2-11(15)16)8-13-6-4-9-3-5-12-7-9/h3,5,7,10,12-14H,1-2,4,6,8H2,(H,15,16). The third kappa shape index (κ3) is 5.53. The van der Waals surface area contributed by atoms with E-state index in [0.717, 1.165) is 13.0 Å². The maximum atomic E-state index is 10.3. The van der Waals surface area contributed by atoms with E-state index < -0.39 is 12.1 Å². The lowest BCUT2D eigenvalue weighted by Crippen LogP contribution is -2.28. The van der Waals surface area contributed by atoms with Crippen molar-refractivity contribution >= 4 is 5.97 Å². The van der Waals surface area contributed by atoms with Crippen molar-refractivity contribution in [2.45, 2.75) is 25.4 Å². The number of aromatic amines is 1. The van der Waals surface area contributed by atoms with Crippen LogP contribution in [0.2, 0.25) is 0 Å². The Bertz CT molecular complexity index is 298. The second-order valence-corrected chi connectivity index (χ2v) is 3.76. The zero-order valence-corrected chi connectivity index (χ0v) is 9.15. The molecule has 5 heteroatoms. The molecule has 0 radical (unpaired) electrons. The molecule has 1 aromatic rings. The highest BCUT2D eigenvalue weighted by Gasteiger charge is 2.06. The molecule has 4 N–H and O–H groups in total. The van der Waals surface area contributed by atoms with Crippen LogP contribution >= 0.6 is 0 Å². The number of carboxylic acid groups (broad SMARTS) is 1. The number of hydrogen-bond acceptors (Lipinski definition) is 3. The SMILES string of the molecule is O=C(O)CCC(O)CNCCc1cc[nH]c1. The normalized spacial score (nSPS) is 12.6. The van der Waals surface area contributed by atoms with Gasteiger partial charge in [0.1, 0.15) is 0 Å². The summed E-state index contributed by atoms with van der Waals surface area (Å²) in [5.41, 5.74) is 1.22. The van der Waals surface area contributed by atoms with Gasteiger partial charge in [-0.05, 0) is 31.0 Å². The quantitative estimate of drug-likeness (QED) is 0.482. The summed E-state index contributed by atoms with van der Waals surface area (Å²) in [5.74, 6) is -0.869. The second kappa shape index (κ2) is 7.03. The third-order valence-corrected chi connectivity index (χ3v) is 2.32. The lowest BCUT2D eigenvalue weighted by molar-refractivity contribution is -0.137. The molecular formula is C11H18N2O3. The summed E-state index contributed by atoms with van der Waals surface area (Å²) >= 11 is 0. The molecule has 0 aromatic carbocycles. The van der Waals surface area contributed by atoms with Crippen LogP contribution in [-0.2, 0) is 11.2 Å². The predicted molar refractivity (Wildman–Crippen MR) is 60.2 cm³/mol. The van der Waals surface area contributed by atoms with Crippen LogP contribution < -0.4 is 5.32 Å². The highest BCUT2D eigenvalue weighted by atomic mass is 16.4. The number of carboxylic acids is 1. The number of rotatable bonds is 8. The number of aliphatic hydroxyl groups excluding tert-OH is 1. The zero-order valence-electron chi connectivity index (χ0n) is 9.15. The van der Waals surface area contributed by atoms with E-state index in [2.05, 4.69) is 10.3 Å². The Balaban J connectivity index is 2.00. The lowest BCUT2D eigenvalue weighted by Gasteiger charge is -2.10. The Labute approximate surface area is 94.5 Å². The number of H-pyrrole nitrogens is 1. The van der Waals surface area contributed by atoms with Crippen LogP contribution in [0.3, 0.4) is 0 Å². The van der Waals surface area contributed by atoms with Crippen LogP contribution in [0, 0.1) is 0 Å². The molecule has 1 unspecified atom stereocenters. The number of aliphatic carboxylic acids is 1. The Morgan fingerprint density at radius 1 is 1.56 bits per heavy atom. The number of nitrogens with one attached hydrogen (secondary N) is 2. The molecule has 0 fully saturated rings. The van der Waals surface area contributed by atoms with Crippen LogP contribution in [0.15, 0.2) is 18.5 Å². The molecule has 1 rings (SSSR count). The van der Waals surface area contributed by atoms with Crippen molar-refractivity contribution in [2.75, 3.05) is 13.1 Å². The van der Waals surface area contributed by atoms with Gasteiger partial charge in [-0.25, -0.2) is 0 Å². The van der Waals surface area contributed by atoms with Crippen molar-refractivity contribution in [1.29, 1.82) is 0 Å². The van der Waals surface area contributed by atoms with E-state index in [9.17, 15) is 9.90 Å². The minimum atomic E-state index is -0.869. The monoisotopic (exact) mass is 226 g/mol. The van der Waals surface area contributed by atoms with Gasteiger partial charge >= 0.3 is 5.97 Å². The second-order valence-electron chi connectivity index (χ2n) is 3.76. The van der Waals surface area contributed by atoms with Crippen LogP contribution in [0.25, 0.3) is 0 Å². The highest BCUT2D eigenvalue weighted by Crippen LogP contribution is 1.98. The van der Waals surface area contributed by atoms with Crippen LogP contribution in [-0.4, -0.2) is 40.4 Å². The summed E-state index contributed by atoms with van der Waals surface area (Å²) in [6, 6.07) is 2.00. The average Bonchev–Trinajstić information content (AvgIpc) is 2.74. The Hall–Kier alpha value is -1.33. The first kappa shape index (κ1) is 12.7. The topological polar surface area (TPSA) is 85.3 Å². The molecule has 0 saturated heterocycles. The molecule has 0 saturated carbocycles. The molecule has 1 atom stereocenters. The fourth-order valence-corrected chi connectivity index (χ4v) is 1.41. The molecule has 90 valence electrons. The minimum Gasteiger partial charge on any atom is -0.481 e. The fourth-order valence-electron chi connectivity index (χ4n) is 1.41. The van der Waals surface area contributed by atoms with E-state index in [4.69, 9.17) is 5.11 Å². The van der Waals surface area contributed by atoms with E-state index in [1.54, 1.807) is 0 Å². The molecule has 0 aliphatic heterocycles. The van der Waals surface area contributed by atoms with Crippen molar-refractivity contribution in [3.63, 3.8) is 0 Å². The van der Waals surface area contributed by atoms with Crippen molar-refractivity contribution in [1.82, 2.24) is 10.3 Å². The van der Waals surface area contributed by atoms with E-state index in [1.807, 2.05) is 18.5 Å². The predicted octanol–water partition coefficient (Wildman–Crippen LogP) is 0.372. The third-order valence-electron chi connectivity index (χ3n) is 2.32. The lowest BCUT2D eigenvalue weighted by atomic mass is 10.2. The van der Waals surface area contributed by atoms with E-state index in [1.165, 1.54) is 5.56 Å². The van der Waals surface area contributed by atoms with E-state index in [-0.39, 0.29) is 6.42 Å². The van der Waals surface area contributed by atoms with Crippen molar-refractivity contribution in [2.24, 2.45) is 0 Å². The Morgan fingerprint density at radius 2 is 2.38 bits per heavy atom. The summed E-state index contributed by atoms with van der Waals surface area (Å²) in [6.45, 7) is 1.22. The number of carbonyl (C=O) groups is 1. The van der Waals surface area contributed by atoms with Gasteiger partial charge in [0.2, 0.25) is 0 Å². The van der Waals surface area contributed by atoms with E-state index in [0.29, 0.717) is 13.0 Å². The minimum absolute atomic E-state index is 0.0145. The summed E-state index contributed by atoms with van der Waals surface area (Å²) in [6.07, 6.45) is 4.43. The van der Waals surface area contributed by atoms with Crippen molar-refractivity contribution < 1.29 is 15.0 Å². The Kier molecular flexibility index (Phi) is 5.60. The largest absolute Gasteiger partial charge is 0.481 e. The molecule has 0 spiro atoms. The highest BCUT2D eigenvalue weighted by molar-refractivity contribution is 5.66. The maximum Gasteiger partial charge on any atom is 0.303 e. The van der Waals surface area contributed by atoms with Gasteiger partial charge in [0, 0.05) is 25.4 Å². The van der Waals surface area contributed by atoms with Crippen molar-refractivity contribution in [3.05, 3.63) is 24.0 Å². The summed E-state index contributed by atoms with van der Waals surface area (Å²) in [7, 11) is 0. The fraction of sp³-hybridized carbons (Fsp3) is 0.545. The van der Waals surface area contributed by atoms with Crippen LogP contribution in [0.4, 0.5) is 0 Å². The molecule has 0 aliphatic carbocycles. The van der Waals surface area contributed by atoms with Gasteiger partial charge in [0.25, 0.3) is 0 Å². The maximum absolute atomic E-state index is 10.3. The smallest absolute Gasteiger partial charge is 0.303 e. The average molecular weight is 226 g/mol. The number of hydrogen-bond donors (Lipinski definition) is 4. The first-order chi connectivity index (χ1) is 7.68. The molecule has 0 bridgehead atoms. The first-order valence-electron chi connectivity index (χ1n) is 5.40. The van der Waals surface area contributed by atoms with Gasteiger partial charge in [0.15, 0.2) is 0 Å². The summed E-state index contributed by atoms with van der Waals surface area (Å²) in [5, 5.41) is 20.9. The van der Waals surface area contributed by atoms with Gasteiger partial charge < -0.3 is 20.5 Å². The molecule has 16 heavy (non-hydrogen) atoms. The molecule has 0 amide bonds. The number of aromatic nitrogens is 1. The molecule has 0 aliphatic rings. The van der Waals surface area contributed by atoms with Gasteiger partial charge in [-0.3, -0.25) is 4.79 Å².